The first-order chi connectivity index (χ1) is 11.4. The topological polar surface area (TPSA) is 74.3 Å². The zero-order valence-corrected chi connectivity index (χ0v) is 17.1. The van der Waals surface area contributed by atoms with Crippen LogP contribution in [0.25, 0.3) is 10.9 Å². The van der Waals surface area contributed by atoms with Crippen molar-refractivity contribution in [3.05, 3.63) is 58.4 Å². The van der Waals surface area contributed by atoms with Crippen LogP contribution in [0.15, 0.2) is 52.7 Å². The number of para-hydroxylation sites is 1. The average molecular weight is 448 g/mol. The van der Waals surface area contributed by atoms with E-state index in [0.717, 1.165) is 5.39 Å². The number of ether oxygens (including phenoxy) is 1. The van der Waals surface area contributed by atoms with Crippen LogP contribution in [-0.2, 0) is 21.3 Å². The Labute approximate surface area is 162 Å². The van der Waals surface area contributed by atoms with E-state index in [0.29, 0.717) is 27.9 Å². The molecule has 25 heavy (non-hydrogen) atoms. The van der Waals surface area contributed by atoms with Gasteiger partial charge in [0.25, 0.3) is 0 Å². The summed E-state index contributed by atoms with van der Waals surface area (Å²) < 4.78 is 33.2. The second-order valence-electron chi connectivity index (χ2n) is 5.89. The van der Waals surface area contributed by atoms with Gasteiger partial charge in [0.05, 0.1) is 17.1 Å². The molecule has 3 rings (SSSR count). The summed E-state index contributed by atoms with van der Waals surface area (Å²) in [5.74, 6) is 0.512. The molecule has 1 heterocycles. The largest absolute Gasteiger partial charge is 0.496 e. The van der Waals surface area contributed by atoms with E-state index in [2.05, 4.69) is 15.9 Å². The molecule has 8 heteroatoms. The lowest BCUT2D eigenvalue weighted by atomic mass is 10.0. The molecular formula is C17H20BrClN2O3S. The zero-order valence-electron chi connectivity index (χ0n) is 13.9. The quantitative estimate of drug-likeness (QED) is 0.776. The number of halogens is 2. The molecule has 2 aromatic rings. The Morgan fingerprint density at radius 3 is 2.68 bits per heavy atom. The number of fused-ring (bicyclic) bond motifs is 1. The average Bonchev–Trinajstić information content (AvgIpc) is 2.96. The van der Waals surface area contributed by atoms with Crippen molar-refractivity contribution in [2.24, 2.45) is 5.73 Å². The van der Waals surface area contributed by atoms with Gasteiger partial charge in [0.1, 0.15) is 10.5 Å². The van der Waals surface area contributed by atoms with Gasteiger partial charge < -0.3 is 10.5 Å². The van der Waals surface area contributed by atoms with Gasteiger partial charge in [-0.3, -0.25) is 0 Å². The normalized spacial score (nSPS) is 20.6. The van der Waals surface area contributed by atoms with Crippen molar-refractivity contribution in [1.29, 1.82) is 0 Å². The van der Waals surface area contributed by atoms with Gasteiger partial charge in [-0.1, -0.05) is 24.3 Å². The van der Waals surface area contributed by atoms with Gasteiger partial charge in [0.15, 0.2) is 0 Å². The Morgan fingerprint density at radius 1 is 1.36 bits per heavy atom. The van der Waals surface area contributed by atoms with E-state index in [9.17, 15) is 8.42 Å². The van der Waals surface area contributed by atoms with Crippen LogP contribution in [0.3, 0.4) is 0 Å². The highest BCUT2D eigenvalue weighted by molar-refractivity contribution is 9.12. The van der Waals surface area contributed by atoms with Crippen molar-refractivity contribution >= 4 is 49.3 Å². The number of methoxy groups -OCH3 is 1. The highest BCUT2D eigenvalue weighted by Crippen LogP contribution is 2.42. The van der Waals surface area contributed by atoms with Gasteiger partial charge >= 0.3 is 0 Å². The molecule has 0 fully saturated rings. The fraction of sp³-hybridized carbons (Fsp3) is 0.294. The minimum absolute atomic E-state index is 0. The van der Waals surface area contributed by atoms with Crippen LogP contribution in [0, 0.1) is 0 Å². The van der Waals surface area contributed by atoms with Gasteiger partial charge in [-0.05, 0) is 47.5 Å². The van der Waals surface area contributed by atoms with Gasteiger partial charge in [0, 0.05) is 17.6 Å². The number of allylic oxidation sites excluding steroid dienone is 2. The second-order valence-corrected chi connectivity index (χ2v) is 8.90. The lowest BCUT2D eigenvalue weighted by molar-refractivity contribution is 0.300. The van der Waals surface area contributed by atoms with Crippen LogP contribution in [0.5, 0.6) is 0 Å². The van der Waals surface area contributed by atoms with Gasteiger partial charge in [-0.15, -0.1) is 12.4 Å². The lowest BCUT2D eigenvalue weighted by Crippen LogP contribution is -2.42. The summed E-state index contributed by atoms with van der Waals surface area (Å²) in [6.07, 6.45) is 3.94. The SMILES string of the molecule is COC1=C(Br)C(C)(S(=O)(=O)n2c(CN)cc3ccccc32)CC=C1.Cl. The third kappa shape index (κ3) is 2.93. The molecule has 0 saturated heterocycles. The summed E-state index contributed by atoms with van der Waals surface area (Å²) in [4.78, 5) is 0. The van der Waals surface area contributed by atoms with Crippen LogP contribution in [-0.4, -0.2) is 24.2 Å². The molecule has 0 aliphatic heterocycles. The van der Waals surface area contributed by atoms with E-state index in [4.69, 9.17) is 10.5 Å². The standard InChI is InChI=1S/C17H19BrN2O3S.ClH/c1-17(9-5-8-15(23-2)16(17)18)24(21,22)20-13(11-19)10-12-6-3-4-7-14(12)20;/h3-8,10H,9,11,19H2,1-2H3;1H. The number of benzene rings is 1. The Hall–Kier alpha value is -1.28. The fourth-order valence-electron chi connectivity index (χ4n) is 3.00. The molecule has 1 atom stereocenters. The van der Waals surface area contributed by atoms with Crippen molar-refractivity contribution < 1.29 is 13.2 Å². The first kappa shape index (κ1) is 20.0. The van der Waals surface area contributed by atoms with Gasteiger partial charge in [-0.2, -0.15) is 0 Å². The fourth-order valence-corrected chi connectivity index (χ4v) is 5.97. The molecule has 0 radical (unpaired) electrons. The number of hydrogen-bond acceptors (Lipinski definition) is 4. The number of nitrogens with two attached hydrogens (primary N) is 1. The molecule has 0 bridgehead atoms. The monoisotopic (exact) mass is 446 g/mol. The van der Waals surface area contributed by atoms with Crippen molar-refractivity contribution in [2.45, 2.75) is 24.6 Å². The molecule has 1 aromatic heterocycles. The summed E-state index contributed by atoms with van der Waals surface area (Å²) >= 11 is 3.45. The van der Waals surface area contributed by atoms with Crippen molar-refractivity contribution in [3.63, 3.8) is 0 Å². The van der Waals surface area contributed by atoms with Crippen LogP contribution < -0.4 is 5.73 Å². The molecule has 0 saturated carbocycles. The molecular weight excluding hydrogens is 428 g/mol. The first-order valence-electron chi connectivity index (χ1n) is 7.52. The predicted molar refractivity (Wildman–Crippen MR) is 107 cm³/mol. The maximum atomic E-state index is 13.6. The summed E-state index contributed by atoms with van der Waals surface area (Å²) in [7, 11) is -2.26. The van der Waals surface area contributed by atoms with E-state index >= 15 is 0 Å². The van der Waals surface area contributed by atoms with Gasteiger partial charge in [0.2, 0.25) is 10.0 Å². The Kier molecular flexibility index (Phi) is 5.73. The number of aromatic nitrogens is 1. The van der Waals surface area contributed by atoms with E-state index in [1.54, 1.807) is 19.1 Å². The van der Waals surface area contributed by atoms with Crippen molar-refractivity contribution in [1.82, 2.24) is 3.97 Å². The highest BCUT2D eigenvalue weighted by Gasteiger charge is 2.46. The summed E-state index contributed by atoms with van der Waals surface area (Å²) in [6, 6.07) is 9.20. The molecule has 0 spiro atoms. The van der Waals surface area contributed by atoms with Crippen molar-refractivity contribution in [3.8, 4) is 0 Å². The first-order valence-corrected chi connectivity index (χ1v) is 9.75. The van der Waals surface area contributed by atoms with E-state index in [-0.39, 0.29) is 19.0 Å². The number of hydrogen-bond donors (Lipinski definition) is 1. The van der Waals surface area contributed by atoms with Gasteiger partial charge in [-0.25, -0.2) is 12.4 Å². The smallest absolute Gasteiger partial charge is 0.249 e. The van der Waals surface area contributed by atoms with Crippen molar-refractivity contribution in [2.75, 3.05) is 7.11 Å². The highest BCUT2D eigenvalue weighted by atomic mass is 79.9. The third-order valence-corrected chi connectivity index (χ3v) is 8.38. The Balaban J connectivity index is 0.00000225. The molecule has 136 valence electrons. The molecule has 1 aliphatic rings. The molecule has 5 nitrogen and oxygen atoms in total. The van der Waals surface area contributed by atoms with Crippen LogP contribution in [0.2, 0.25) is 0 Å². The second kappa shape index (κ2) is 7.15. The maximum absolute atomic E-state index is 13.6. The van der Waals surface area contributed by atoms with Crippen LogP contribution in [0.4, 0.5) is 0 Å². The van der Waals surface area contributed by atoms with E-state index < -0.39 is 14.8 Å². The Morgan fingerprint density at radius 2 is 2.04 bits per heavy atom. The molecule has 0 amide bonds. The molecule has 1 unspecified atom stereocenters. The number of nitrogens with zero attached hydrogens (tertiary/aromatic N) is 1. The van der Waals surface area contributed by atoms with Crippen LogP contribution >= 0.6 is 28.3 Å². The maximum Gasteiger partial charge on any atom is 0.249 e. The predicted octanol–water partition coefficient (Wildman–Crippen LogP) is 3.67. The van der Waals surface area contributed by atoms with E-state index in [1.165, 1.54) is 11.1 Å². The third-order valence-electron chi connectivity index (χ3n) is 4.43. The summed E-state index contributed by atoms with van der Waals surface area (Å²) in [5.41, 5.74) is 7.02. The minimum Gasteiger partial charge on any atom is -0.496 e. The lowest BCUT2D eigenvalue weighted by Gasteiger charge is -2.32. The van der Waals surface area contributed by atoms with E-state index in [1.807, 2.05) is 30.3 Å². The van der Waals surface area contributed by atoms with Crippen LogP contribution in [0.1, 0.15) is 19.0 Å². The minimum atomic E-state index is -3.78. The number of rotatable bonds is 4. The Bertz CT molecular complexity index is 965. The molecule has 1 aliphatic carbocycles. The summed E-state index contributed by atoms with van der Waals surface area (Å²) in [5, 5.41) is 0.851. The molecule has 1 aromatic carbocycles. The summed E-state index contributed by atoms with van der Waals surface area (Å²) in [6.45, 7) is 1.84. The zero-order chi connectivity index (χ0) is 17.5. The molecule has 2 N–H and O–H groups in total.